The highest BCUT2D eigenvalue weighted by Crippen LogP contribution is 2.19. The number of hydrogen-bond donors (Lipinski definition) is 1. The van der Waals surface area contributed by atoms with Crippen molar-refractivity contribution in [2.45, 2.75) is 33.4 Å². The fourth-order valence-electron chi connectivity index (χ4n) is 2.73. The van der Waals surface area contributed by atoms with E-state index >= 15 is 0 Å². The highest BCUT2D eigenvalue weighted by molar-refractivity contribution is 5.42. The molecule has 0 saturated heterocycles. The quantitative estimate of drug-likeness (QED) is 0.786. The molecule has 0 bridgehead atoms. The molecule has 0 amide bonds. The van der Waals surface area contributed by atoms with Gasteiger partial charge in [0.25, 0.3) is 0 Å². The van der Waals surface area contributed by atoms with Gasteiger partial charge in [0.1, 0.15) is 5.75 Å². The normalized spacial score (nSPS) is 12.5. The van der Waals surface area contributed by atoms with Gasteiger partial charge in [0.15, 0.2) is 5.65 Å². The van der Waals surface area contributed by atoms with Crippen molar-refractivity contribution >= 4 is 5.65 Å². The second-order valence-corrected chi connectivity index (χ2v) is 5.81. The van der Waals surface area contributed by atoms with Crippen molar-refractivity contribution in [3.05, 3.63) is 59.0 Å². The van der Waals surface area contributed by atoms with Crippen LogP contribution >= 0.6 is 0 Å². The fourth-order valence-corrected chi connectivity index (χ4v) is 2.73. The average molecular weight is 310 g/mol. The Morgan fingerprint density at radius 1 is 1.22 bits per heavy atom. The predicted octanol–water partition coefficient (Wildman–Crippen LogP) is 3.21. The summed E-state index contributed by atoms with van der Waals surface area (Å²) < 4.78 is 7.10. The fraction of sp³-hybridized carbons (Fsp3) is 0.333. The Hall–Kier alpha value is -2.40. The third-order valence-corrected chi connectivity index (χ3v) is 4.12. The first kappa shape index (κ1) is 15.5. The van der Waals surface area contributed by atoms with Crippen LogP contribution in [-0.4, -0.2) is 21.7 Å². The monoisotopic (exact) mass is 310 g/mol. The zero-order valence-electron chi connectivity index (χ0n) is 14.0. The lowest BCUT2D eigenvalue weighted by atomic mass is 10.1. The van der Waals surface area contributed by atoms with E-state index in [9.17, 15) is 0 Å². The summed E-state index contributed by atoms with van der Waals surface area (Å²) in [4.78, 5) is 4.51. The van der Waals surface area contributed by atoms with Crippen molar-refractivity contribution in [3.63, 3.8) is 0 Å². The summed E-state index contributed by atoms with van der Waals surface area (Å²) in [5, 5.41) is 8.05. The van der Waals surface area contributed by atoms with Gasteiger partial charge in [0.2, 0.25) is 0 Å². The smallest absolute Gasteiger partial charge is 0.155 e. The van der Waals surface area contributed by atoms with Crippen LogP contribution in [0.2, 0.25) is 0 Å². The highest BCUT2D eigenvalue weighted by Gasteiger charge is 2.12. The molecule has 0 aliphatic rings. The molecule has 2 aromatic heterocycles. The van der Waals surface area contributed by atoms with Crippen LogP contribution in [0.1, 0.15) is 35.5 Å². The molecule has 1 aromatic carbocycles. The first-order valence-electron chi connectivity index (χ1n) is 7.76. The van der Waals surface area contributed by atoms with Crippen LogP contribution in [0.3, 0.4) is 0 Å². The van der Waals surface area contributed by atoms with Crippen LogP contribution in [0, 0.1) is 13.8 Å². The summed E-state index contributed by atoms with van der Waals surface area (Å²) in [6.45, 7) is 7.01. The van der Waals surface area contributed by atoms with Crippen molar-refractivity contribution < 1.29 is 4.74 Å². The molecule has 23 heavy (non-hydrogen) atoms. The first-order chi connectivity index (χ1) is 11.1. The minimum atomic E-state index is 0.193. The van der Waals surface area contributed by atoms with Gasteiger partial charge in [-0.2, -0.15) is 5.10 Å². The topological polar surface area (TPSA) is 51.5 Å². The van der Waals surface area contributed by atoms with Crippen molar-refractivity contribution in [2.75, 3.05) is 7.11 Å². The summed E-state index contributed by atoms with van der Waals surface area (Å²) in [6.07, 6.45) is 1.94. The number of fused-ring (bicyclic) bond motifs is 1. The van der Waals surface area contributed by atoms with Gasteiger partial charge in [0.05, 0.1) is 12.8 Å². The zero-order valence-corrected chi connectivity index (χ0v) is 14.0. The van der Waals surface area contributed by atoms with E-state index in [1.165, 1.54) is 5.56 Å². The Morgan fingerprint density at radius 3 is 2.65 bits per heavy atom. The van der Waals surface area contributed by atoms with E-state index in [0.717, 1.165) is 34.9 Å². The molecule has 0 fully saturated rings. The molecule has 1 atom stereocenters. The molecular formula is C18H22N4O. The maximum atomic E-state index is 5.18. The zero-order chi connectivity index (χ0) is 16.4. The van der Waals surface area contributed by atoms with E-state index in [1.807, 2.05) is 35.8 Å². The number of methoxy groups -OCH3 is 1. The lowest BCUT2D eigenvalue weighted by molar-refractivity contribution is 0.414. The number of nitrogens with one attached hydrogen (secondary N) is 1. The van der Waals surface area contributed by atoms with Crippen molar-refractivity contribution in [1.82, 2.24) is 19.9 Å². The van der Waals surface area contributed by atoms with Gasteiger partial charge in [-0.3, -0.25) is 0 Å². The maximum Gasteiger partial charge on any atom is 0.155 e. The summed E-state index contributed by atoms with van der Waals surface area (Å²) in [5.41, 5.74) is 5.38. The summed E-state index contributed by atoms with van der Waals surface area (Å²) in [5.74, 6) is 0.876. The molecule has 1 N–H and O–H groups in total. The number of aromatic nitrogens is 3. The second kappa shape index (κ2) is 6.38. The van der Waals surface area contributed by atoms with E-state index in [2.05, 4.69) is 41.4 Å². The van der Waals surface area contributed by atoms with Gasteiger partial charge in [0, 0.05) is 36.1 Å². The molecule has 3 rings (SSSR count). The molecule has 5 nitrogen and oxygen atoms in total. The van der Waals surface area contributed by atoms with Crippen LogP contribution in [0.15, 0.2) is 36.5 Å². The lowest BCUT2D eigenvalue weighted by Crippen LogP contribution is -2.20. The lowest BCUT2D eigenvalue weighted by Gasteiger charge is -2.17. The summed E-state index contributed by atoms with van der Waals surface area (Å²) >= 11 is 0. The second-order valence-electron chi connectivity index (χ2n) is 5.81. The Morgan fingerprint density at radius 2 is 1.96 bits per heavy atom. The number of nitrogens with zero attached hydrogens (tertiary/aromatic N) is 3. The van der Waals surface area contributed by atoms with Crippen LogP contribution in [0.4, 0.5) is 0 Å². The van der Waals surface area contributed by atoms with E-state index in [0.29, 0.717) is 0 Å². The maximum absolute atomic E-state index is 5.18. The molecule has 0 unspecified atom stereocenters. The Balaban J connectivity index is 1.74. The average Bonchev–Trinajstić information content (AvgIpc) is 2.95. The third-order valence-electron chi connectivity index (χ3n) is 4.12. The number of rotatable bonds is 5. The Labute approximate surface area is 136 Å². The first-order valence-corrected chi connectivity index (χ1v) is 7.76. The molecule has 120 valence electrons. The van der Waals surface area contributed by atoms with Crippen LogP contribution in [-0.2, 0) is 6.54 Å². The highest BCUT2D eigenvalue weighted by atomic mass is 16.5. The van der Waals surface area contributed by atoms with Crippen molar-refractivity contribution in [2.24, 2.45) is 0 Å². The van der Waals surface area contributed by atoms with Crippen LogP contribution < -0.4 is 10.1 Å². The largest absolute Gasteiger partial charge is 0.497 e. The molecule has 2 heterocycles. The molecule has 5 heteroatoms. The molecular weight excluding hydrogens is 288 g/mol. The molecule has 3 aromatic rings. The van der Waals surface area contributed by atoms with E-state index in [-0.39, 0.29) is 6.04 Å². The van der Waals surface area contributed by atoms with Gasteiger partial charge in [-0.05, 0) is 38.5 Å². The standard InChI is InChI=1S/C18H22N4O/c1-12-9-18-20-11-17(14(3)22(18)21-12)13(2)19-10-15-5-7-16(23-4)8-6-15/h5-9,11,13,19H,10H2,1-4H3/t13-/m1/s1. The number of benzene rings is 1. The number of ether oxygens (including phenoxy) is 1. The molecule has 0 aliphatic carbocycles. The van der Waals surface area contributed by atoms with Gasteiger partial charge in [-0.1, -0.05) is 12.1 Å². The van der Waals surface area contributed by atoms with Crippen LogP contribution in [0.5, 0.6) is 5.75 Å². The van der Waals surface area contributed by atoms with Crippen molar-refractivity contribution in [3.8, 4) is 5.75 Å². The van der Waals surface area contributed by atoms with Crippen LogP contribution in [0.25, 0.3) is 5.65 Å². The molecule has 0 radical (unpaired) electrons. The minimum Gasteiger partial charge on any atom is -0.497 e. The third kappa shape index (κ3) is 3.19. The van der Waals surface area contributed by atoms with E-state index < -0.39 is 0 Å². The number of hydrogen-bond acceptors (Lipinski definition) is 4. The molecule has 0 spiro atoms. The minimum absolute atomic E-state index is 0.193. The Kier molecular flexibility index (Phi) is 4.30. The van der Waals surface area contributed by atoms with Crippen molar-refractivity contribution in [1.29, 1.82) is 0 Å². The van der Waals surface area contributed by atoms with Gasteiger partial charge in [-0.15, -0.1) is 0 Å². The SMILES string of the molecule is COc1ccc(CN[C@H](C)c2cnc3cc(C)nn3c2C)cc1. The summed E-state index contributed by atoms with van der Waals surface area (Å²) in [6, 6.07) is 10.3. The van der Waals surface area contributed by atoms with E-state index in [1.54, 1.807) is 7.11 Å². The van der Waals surface area contributed by atoms with E-state index in [4.69, 9.17) is 4.74 Å². The van der Waals surface area contributed by atoms with Gasteiger partial charge < -0.3 is 10.1 Å². The Bertz CT molecular complexity index is 808. The van der Waals surface area contributed by atoms with Gasteiger partial charge >= 0.3 is 0 Å². The number of aryl methyl sites for hydroxylation is 2. The van der Waals surface area contributed by atoms with Gasteiger partial charge in [-0.25, -0.2) is 9.50 Å². The predicted molar refractivity (Wildman–Crippen MR) is 90.7 cm³/mol. The molecule has 0 saturated carbocycles. The summed E-state index contributed by atoms with van der Waals surface area (Å²) in [7, 11) is 1.68. The molecule has 0 aliphatic heterocycles.